The molecule has 4 rings (SSSR count). The first kappa shape index (κ1) is 19.6. The highest BCUT2D eigenvalue weighted by Crippen LogP contribution is 2.58. The van der Waals surface area contributed by atoms with Crippen LogP contribution in [0.1, 0.15) is 51.9 Å². The normalized spacial score (nSPS) is 37.2. The van der Waals surface area contributed by atoms with Crippen LogP contribution in [-0.2, 0) is 23.9 Å². The number of likely N-dealkylation sites (tertiary alicyclic amines) is 1. The minimum absolute atomic E-state index is 0.0589. The van der Waals surface area contributed by atoms with Crippen molar-refractivity contribution in [1.82, 2.24) is 10.2 Å². The minimum atomic E-state index is -0.993. The van der Waals surface area contributed by atoms with Crippen LogP contribution >= 0.6 is 0 Å². The molecule has 0 radical (unpaired) electrons. The average molecular weight is 394 g/mol. The van der Waals surface area contributed by atoms with Crippen molar-refractivity contribution < 1.29 is 29.0 Å². The topological polar surface area (TPSA) is 105 Å². The number of rotatable bonds is 6. The Morgan fingerprint density at radius 2 is 2.04 bits per heavy atom. The van der Waals surface area contributed by atoms with Gasteiger partial charge in [0.2, 0.25) is 11.8 Å². The van der Waals surface area contributed by atoms with Gasteiger partial charge in [0.05, 0.1) is 31.2 Å². The third kappa shape index (κ3) is 2.92. The highest BCUT2D eigenvalue weighted by atomic mass is 16.6. The molecule has 0 aromatic rings. The monoisotopic (exact) mass is 394 g/mol. The maximum atomic E-state index is 13.3. The van der Waals surface area contributed by atoms with Gasteiger partial charge < -0.3 is 24.8 Å². The fourth-order valence-corrected chi connectivity index (χ4v) is 5.84. The zero-order valence-electron chi connectivity index (χ0n) is 16.4. The first-order chi connectivity index (χ1) is 13.5. The molecule has 1 aliphatic carbocycles. The second kappa shape index (κ2) is 7.63. The SMILES string of the molecule is CCOC(=O)[C@@H]1[C@H]2C(=O)N(CCO)[C@H](C(=O)NC3CCCCC3)[C@]23CC[C@H]1O3. The Bertz CT molecular complexity index is 649. The Balaban J connectivity index is 1.62. The van der Waals surface area contributed by atoms with E-state index < -0.39 is 29.4 Å². The van der Waals surface area contributed by atoms with E-state index in [2.05, 4.69) is 5.32 Å². The summed E-state index contributed by atoms with van der Waals surface area (Å²) in [6, 6.07) is -0.689. The molecule has 0 aromatic heterocycles. The number of aliphatic hydroxyl groups is 1. The van der Waals surface area contributed by atoms with Crippen molar-refractivity contribution in [3.63, 3.8) is 0 Å². The number of hydrogen-bond acceptors (Lipinski definition) is 6. The molecule has 8 heteroatoms. The Kier molecular flexibility index (Phi) is 5.35. The predicted molar refractivity (Wildman–Crippen MR) is 98.1 cm³/mol. The number of β-amino-alcohol motifs (C(OH)–C–C–N with tert-alkyl or cyclic N) is 1. The van der Waals surface area contributed by atoms with E-state index in [-0.39, 0.29) is 43.7 Å². The van der Waals surface area contributed by atoms with Crippen LogP contribution in [0.15, 0.2) is 0 Å². The molecule has 4 aliphatic rings. The number of nitrogens with one attached hydrogen (secondary N) is 1. The molecule has 3 saturated heterocycles. The summed E-state index contributed by atoms with van der Waals surface area (Å²) in [5, 5.41) is 12.6. The summed E-state index contributed by atoms with van der Waals surface area (Å²) < 4.78 is 11.4. The van der Waals surface area contributed by atoms with Crippen molar-refractivity contribution in [2.75, 3.05) is 19.8 Å². The smallest absolute Gasteiger partial charge is 0.312 e. The van der Waals surface area contributed by atoms with Crippen LogP contribution in [0.5, 0.6) is 0 Å². The Hall–Kier alpha value is -1.67. The van der Waals surface area contributed by atoms with Gasteiger partial charge in [-0.3, -0.25) is 14.4 Å². The molecule has 28 heavy (non-hydrogen) atoms. The second-order valence-electron chi connectivity index (χ2n) is 8.41. The van der Waals surface area contributed by atoms with Gasteiger partial charge in [-0.2, -0.15) is 0 Å². The van der Waals surface area contributed by atoms with Gasteiger partial charge in [-0.1, -0.05) is 19.3 Å². The molecule has 2 amide bonds. The number of esters is 1. The third-order valence-electron chi connectivity index (χ3n) is 6.90. The maximum absolute atomic E-state index is 13.3. The van der Waals surface area contributed by atoms with Gasteiger partial charge in [-0.05, 0) is 32.6 Å². The van der Waals surface area contributed by atoms with Crippen LogP contribution in [0, 0.1) is 11.8 Å². The van der Waals surface area contributed by atoms with Gasteiger partial charge in [-0.15, -0.1) is 0 Å². The summed E-state index contributed by atoms with van der Waals surface area (Å²) in [6.07, 6.45) is 6.06. The highest BCUT2D eigenvalue weighted by molar-refractivity contribution is 5.98. The van der Waals surface area contributed by atoms with Crippen LogP contribution in [0.2, 0.25) is 0 Å². The maximum Gasteiger partial charge on any atom is 0.312 e. The Morgan fingerprint density at radius 1 is 1.29 bits per heavy atom. The molecule has 1 saturated carbocycles. The fraction of sp³-hybridized carbons (Fsp3) is 0.850. The molecule has 4 fully saturated rings. The average Bonchev–Trinajstić information content (AvgIpc) is 3.31. The van der Waals surface area contributed by atoms with Crippen LogP contribution in [-0.4, -0.2) is 71.3 Å². The van der Waals surface area contributed by atoms with Crippen molar-refractivity contribution in [2.24, 2.45) is 11.8 Å². The lowest BCUT2D eigenvalue weighted by atomic mass is 9.70. The van der Waals surface area contributed by atoms with Crippen molar-refractivity contribution in [1.29, 1.82) is 0 Å². The van der Waals surface area contributed by atoms with E-state index in [9.17, 15) is 19.5 Å². The molecule has 5 atom stereocenters. The van der Waals surface area contributed by atoms with Crippen molar-refractivity contribution in [3.8, 4) is 0 Å². The molecule has 3 heterocycles. The van der Waals surface area contributed by atoms with E-state index in [1.54, 1.807) is 6.92 Å². The van der Waals surface area contributed by atoms with Gasteiger partial charge >= 0.3 is 5.97 Å². The van der Waals surface area contributed by atoms with E-state index in [0.29, 0.717) is 12.8 Å². The first-order valence-corrected chi connectivity index (χ1v) is 10.6. The minimum Gasteiger partial charge on any atom is -0.466 e. The van der Waals surface area contributed by atoms with Gasteiger partial charge in [0.1, 0.15) is 11.6 Å². The number of nitrogens with zero attached hydrogens (tertiary/aromatic N) is 1. The summed E-state index contributed by atoms with van der Waals surface area (Å²) in [5.74, 6) is -2.31. The number of amides is 2. The van der Waals surface area contributed by atoms with Crippen LogP contribution < -0.4 is 5.32 Å². The van der Waals surface area contributed by atoms with Crippen molar-refractivity contribution in [3.05, 3.63) is 0 Å². The predicted octanol–water partition coefficient (Wildman–Crippen LogP) is 0.365. The van der Waals surface area contributed by atoms with Crippen molar-refractivity contribution >= 4 is 17.8 Å². The summed E-state index contributed by atoms with van der Waals surface area (Å²) in [5.41, 5.74) is -0.993. The zero-order chi connectivity index (χ0) is 19.9. The Morgan fingerprint density at radius 3 is 2.71 bits per heavy atom. The summed E-state index contributed by atoms with van der Waals surface area (Å²) in [6.45, 7) is 1.79. The van der Waals surface area contributed by atoms with E-state index in [4.69, 9.17) is 9.47 Å². The lowest BCUT2D eigenvalue weighted by Gasteiger charge is -2.35. The first-order valence-electron chi connectivity index (χ1n) is 10.6. The Labute approximate surface area is 164 Å². The molecule has 2 N–H and O–H groups in total. The standard InChI is InChI=1S/C20H30N2O6/c1-2-27-19(26)14-13-8-9-20(28-13)15(14)18(25)22(10-11-23)16(20)17(24)21-12-6-4-3-5-7-12/h12-16,23H,2-11H2,1H3,(H,21,24)/t13-,14+,15+,16-,20+/m1/s1. The molecule has 0 unspecified atom stereocenters. The van der Waals surface area contributed by atoms with Crippen LogP contribution in [0.3, 0.4) is 0 Å². The number of hydrogen-bond donors (Lipinski definition) is 2. The highest BCUT2D eigenvalue weighted by Gasteiger charge is 2.74. The van der Waals surface area contributed by atoms with Gasteiger partial charge in [0, 0.05) is 12.6 Å². The fourth-order valence-electron chi connectivity index (χ4n) is 5.84. The summed E-state index contributed by atoms with van der Waals surface area (Å²) >= 11 is 0. The molecule has 156 valence electrons. The van der Waals surface area contributed by atoms with Gasteiger partial charge in [0.25, 0.3) is 0 Å². The molecule has 2 bridgehead atoms. The van der Waals surface area contributed by atoms with Crippen LogP contribution in [0.4, 0.5) is 0 Å². The van der Waals surface area contributed by atoms with E-state index in [1.807, 2.05) is 0 Å². The zero-order valence-corrected chi connectivity index (χ0v) is 16.4. The van der Waals surface area contributed by atoms with E-state index in [1.165, 1.54) is 11.3 Å². The van der Waals surface area contributed by atoms with Gasteiger partial charge in [0.15, 0.2) is 0 Å². The second-order valence-corrected chi connectivity index (χ2v) is 8.41. The van der Waals surface area contributed by atoms with Crippen molar-refractivity contribution in [2.45, 2.75) is 75.7 Å². The molecule has 3 aliphatic heterocycles. The molecular formula is C20H30N2O6. The number of fused-ring (bicyclic) bond motifs is 1. The van der Waals surface area contributed by atoms with Gasteiger partial charge in [-0.25, -0.2) is 0 Å². The molecule has 1 spiro atoms. The molecular weight excluding hydrogens is 364 g/mol. The lowest BCUT2D eigenvalue weighted by molar-refractivity contribution is -0.154. The number of aliphatic hydroxyl groups excluding tert-OH is 1. The van der Waals surface area contributed by atoms with Crippen LogP contribution in [0.25, 0.3) is 0 Å². The number of carbonyl (C=O) groups is 3. The molecule has 8 nitrogen and oxygen atoms in total. The number of carbonyl (C=O) groups excluding carboxylic acids is 3. The summed E-state index contributed by atoms with van der Waals surface area (Å²) in [7, 11) is 0. The third-order valence-corrected chi connectivity index (χ3v) is 6.90. The quantitative estimate of drug-likeness (QED) is 0.631. The molecule has 0 aromatic carbocycles. The lowest BCUT2D eigenvalue weighted by Crippen LogP contribution is -2.57. The number of ether oxygens (including phenoxy) is 2. The van der Waals surface area contributed by atoms with E-state index >= 15 is 0 Å². The largest absolute Gasteiger partial charge is 0.466 e. The van der Waals surface area contributed by atoms with E-state index in [0.717, 1.165) is 25.7 Å². The summed E-state index contributed by atoms with van der Waals surface area (Å²) in [4.78, 5) is 40.5.